The van der Waals surface area contributed by atoms with E-state index in [1.807, 2.05) is 0 Å². The number of carbonyl (C=O) groups excluding carboxylic acids is 1. The van der Waals surface area contributed by atoms with Crippen molar-refractivity contribution in [2.75, 3.05) is 32.4 Å². The fraction of sp³-hybridized carbons (Fsp3) is 0.211. The van der Waals surface area contributed by atoms with Gasteiger partial charge in [-0.15, -0.1) is 10.2 Å². The van der Waals surface area contributed by atoms with Crippen molar-refractivity contribution in [3.05, 3.63) is 40.6 Å². The highest BCUT2D eigenvalue weighted by atomic mass is 79.9. The van der Waals surface area contributed by atoms with Crippen LogP contribution in [-0.4, -0.2) is 43.2 Å². The third kappa shape index (κ3) is 5.03. The highest BCUT2D eigenvalue weighted by Gasteiger charge is 2.18. The Balaban J connectivity index is 1.68. The molecule has 0 radical (unpaired) electrons. The number of hydrogen-bond acceptors (Lipinski definition) is 8. The van der Waals surface area contributed by atoms with Gasteiger partial charge in [-0.25, -0.2) is 4.39 Å². The summed E-state index contributed by atoms with van der Waals surface area (Å²) < 4.78 is 35.9. The summed E-state index contributed by atoms with van der Waals surface area (Å²) >= 11 is 4.19. The minimum Gasteiger partial charge on any atom is -0.493 e. The minimum absolute atomic E-state index is 0.0353. The van der Waals surface area contributed by atoms with Gasteiger partial charge in [0.15, 0.2) is 11.5 Å². The van der Waals surface area contributed by atoms with Crippen LogP contribution >= 0.6 is 27.7 Å². The van der Waals surface area contributed by atoms with Gasteiger partial charge in [-0.3, -0.25) is 4.79 Å². The van der Waals surface area contributed by atoms with E-state index in [1.165, 1.54) is 33.5 Å². The van der Waals surface area contributed by atoms with E-state index in [0.29, 0.717) is 27.3 Å². The number of methoxy groups -OCH3 is 3. The number of nitrogens with one attached hydrogen (secondary N) is 1. The zero-order chi connectivity index (χ0) is 21.7. The number of halogens is 2. The molecule has 0 spiro atoms. The van der Waals surface area contributed by atoms with Crippen molar-refractivity contribution in [1.29, 1.82) is 0 Å². The van der Waals surface area contributed by atoms with Crippen molar-refractivity contribution in [3.8, 4) is 28.7 Å². The normalized spacial score (nSPS) is 10.6. The average molecular weight is 498 g/mol. The molecule has 0 saturated carbocycles. The van der Waals surface area contributed by atoms with Crippen LogP contribution in [0.3, 0.4) is 0 Å². The fourth-order valence-corrected chi connectivity index (χ4v) is 3.39. The summed E-state index contributed by atoms with van der Waals surface area (Å²) in [5.74, 6) is 0.557. The molecule has 1 heterocycles. The number of nitrogens with zero attached hydrogens (tertiary/aromatic N) is 2. The van der Waals surface area contributed by atoms with Crippen LogP contribution in [0.1, 0.15) is 0 Å². The van der Waals surface area contributed by atoms with E-state index in [2.05, 4.69) is 31.4 Å². The van der Waals surface area contributed by atoms with Crippen LogP contribution in [0.15, 0.2) is 44.4 Å². The summed E-state index contributed by atoms with van der Waals surface area (Å²) in [6.07, 6.45) is 0. The summed E-state index contributed by atoms with van der Waals surface area (Å²) in [4.78, 5) is 12.1. The Labute approximate surface area is 184 Å². The number of thioether (sulfide) groups is 1. The largest absolute Gasteiger partial charge is 0.493 e. The van der Waals surface area contributed by atoms with E-state index in [4.69, 9.17) is 18.6 Å². The van der Waals surface area contributed by atoms with E-state index in [1.54, 1.807) is 18.2 Å². The van der Waals surface area contributed by atoms with Gasteiger partial charge in [0.2, 0.25) is 17.5 Å². The Bertz CT molecular complexity index is 1040. The Morgan fingerprint density at radius 3 is 2.43 bits per heavy atom. The number of rotatable bonds is 8. The van der Waals surface area contributed by atoms with Crippen molar-refractivity contribution in [2.45, 2.75) is 5.22 Å². The first-order valence-electron chi connectivity index (χ1n) is 8.46. The van der Waals surface area contributed by atoms with Crippen LogP contribution in [0.25, 0.3) is 11.5 Å². The Hall–Kier alpha value is -2.79. The Kier molecular flexibility index (Phi) is 7.16. The standard InChI is InChI=1S/C19H17BrFN3O5S/c1-26-14-6-10(7-15(27-2)17(14)28-3)18-23-24-19(29-18)30-9-16(25)22-13-5-4-11(20)8-12(13)21/h4-8H,9H2,1-3H3,(H,22,25). The third-order valence-electron chi connectivity index (χ3n) is 3.85. The lowest BCUT2D eigenvalue weighted by Crippen LogP contribution is -2.15. The van der Waals surface area contributed by atoms with Crippen molar-refractivity contribution < 1.29 is 27.8 Å². The summed E-state index contributed by atoms with van der Waals surface area (Å²) in [6.45, 7) is 0. The predicted octanol–water partition coefficient (Wildman–Crippen LogP) is 4.39. The van der Waals surface area contributed by atoms with Gasteiger partial charge in [-0.05, 0) is 30.3 Å². The lowest BCUT2D eigenvalue weighted by atomic mass is 10.2. The molecular formula is C19H17BrFN3O5S. The maximum atomic E-state index is 13.8. The SMILES string of the molecule is COc1cc(-c2nnc(SCC(=O)Nc3ccc(Br)cc3F)o2)cc(OC)c1OC. The summed E-state index contributed by atoms with van der Waals surface area (Å²) in [5.41, 5.74) is 0.651. The van der Waals surface area contributed by atoms with Gasteiger partial charge < -0.3 is 23.9 Å². The molecule has 0 saturated heterocycles. The monoisotopic (exact) mass is 497 g/mol. The van der Waals surface area contributed by atoms with Crippen LogP contribution < -0.4 is 19.5 Å². The van der Waals surface area contributed by atoms with Crippen LogP contribution in [-0.2, 0) is 4.79 Å². The molecule has 1 N–H and O–H groups in total. The second-order valence-electron chi connectivity index (χ2n) is 5.75. The number of aromatic nitrogens is 2. The second-order valence-corrected chi connectivity index (χ2v) is 7.59. The molecule has 8 nitrogen and oxygen atoms in total. The molecule has 0 aliphatic rings. The lowest BCUT2D eigenvalue weighted by molar-refractivity contribution is -0.113. The molecule has 11 heteroatoms. The van der Waals surface area contributed by atoms with Crippen LogP contribution in [0.5, 0.6) is 17.2 Å². The molecule has 0 unspecified atom stereocenters. The highest BCUT2D eigenvalue weighted by Crippen LogP contribution is 2.41. The molecule has 0 aliphatic carbocycles. The van der Waals surface area contributed by atoms with E-state index in [-0.39, 0.29) is 22.6 Å². The zero-order valence-electron chi connectivity index (χ0n) is 16.2. The predicted molar refractivity (Wildman–Crippen MR) is 113 cm³/mol. The van der Waals surface area contributed by atoms with E-state index in [0.717, 1.165) is 11.8 Å². The van der Waals surface area contributed by atoms with E-state index < -0.39 is 11.7 Å². The summed E-state index contributed by atoms with van der Waals surface area (Å²) in [7, 11) is 4.51. The van der Waals surface area contributed by atoms with Crippen LogP contribution in [0.4, 0.5) is 10.1 Å². The fourth-order valence-electron chi connectivity index (χ4n) is 2.49. The summed E-state index contributed by atoms with van der Waals surface area (Å²) in [5, 5.41) is 10.6. The highest BCUT2D eigenvalue weighted by molar-refractivity contribution is 9.10. The van der Waals surface area contributed by atoms with Gasteiger partial charge >= 0.3 is 0 Å². The van der Waals surface area contributed by atoms with Gasteiger partial charge in [0.1, 0.15) is 5.82 Å². The maximum Gasteiger partial charge on any atom is 0.277 e. The van der Waals surface area contributed by atoms with Crippen molar-refractivity contribution in [3.63, 3.8) is 0 Å². The van der Waals surface area contributed by atoms with Gasteiger partial charge in [0.25, 0.3) is 5.22 Å². The molecule has 3 aromatic rings. The van der Waals surface area contributed by atoms with Crippen molar-refractivity contribution in [2.24, 2.45) is 0 Å². The van der Waals surface area contributed by atoms with Crippen molar-refractivity contribution in [1.82, 2.24) is 10.2 Å². The molecule has 3 rings (SSSR count). The van der Waals surface area contributed by atoms with E-state index >= 15 is 0 Å². The molecule has 0 fully saturated rings. The maximum absolute atomic E-state index is 13.8. The molecule has 30 heavy (non-hydrogen) atoms. The van der Waals surface area contributed by atoms with E-state index in [9.17, 15) is 9.18 Å². The van der Waals surface area contributed by atoms with Gasteiger partial charge in [0.05, 0.1) is 32.8 Å². The first kappa shape index (κ1) is 21.9. The van der Waals surface area contributed by atoms with Crippen molar-refractivity contribution >= 4 is 39.3 Å². The molecule has 1 amide bonds. The number of benzene rings is 2. The zero-order valence-corrected chi connectivity index (χ0v) is 18.6. The molecule has 0 bridgehead atoms. The third-order valence-corrected chi connectivity index (χ3v) is 5.16. The molecule has 0 aliphatic heterocycles. The first-order chi connectivity index (χ1) is 14.4. The Morgan fingerprint density at radius 1 is 1.13 bits per heavy atom. The lowest BCUT2D eigenvalue weighted by Gasteiger charge is -2.12. The number of hydrogen-bond donors (Lipinski definition) is 1. The average Bonchev–Trinajstić information content (AvgIpc) is 3.22. The van der Waals surface area contributed by atoms with Gasteiger partial charge in [-0.1, -0.05) is 27.7 Å². The number of carbonyl (C=O) groups is 1. The quantitative estimate of drug-likeness (QED) is 0.457. The smallest absolute Gasteiger partial charge is 0.277 e. The van der Waals surface area contributed by atoms with Crippen LogP contribution in [0, 0.1) is 5.82 Å². The molecule has 0 atom stereocenters. The number of amides is 1. The molecular weight excluding hydrogens is 481 g/mol. The van der Waals surface area contributed by atoms with Gasteiger partial charge in [-0.2, -0.15) is 0 Å². The Morgan fingerprint density at radius 2 is 1.83 bits per heavy atom. The molecule has 1 aromatic heterocycles. The minimum atomic E-state index is -0.537. The topological polar surface area (TPSA) is 95.7 Å². The number of anilines is 1. The number of ether oxygens (including phenoxy) is 3. The molecule has 2 aromatic carbocycles. The summed E-state index contributed by atoms with van der Waals surface area (Å²) in [6, 6.07) is 7.72. The second kappa shape index (κ2) is 9.81. The van der Waals surface area contributed by atoms with Gasteiger partial charge in [0, 0.05) is 10.0 Å². The van der Waals surface area contributed by atoms with Crippen LogP contribution in [0.2, 0.25) is 0 Å². The molecule has 158 valence electrons. The first-order valence-corrected chi connectivity index (χ1v) is 10.2.